The van der Waals surface area contributed by atoms with Crippen molar-refractivity contribution in [3.63, 3.8) is 0 Å². The van der Waals surface area contributed by atoms with Gasteiger partial charge in [0.25, 0.3) is 5.69 Å². The third kappa shape index (κ3) is 2.54. The molecule has 0 N–H and O–H groups in total. The lowest BCUT2D eigenvalue weighted by atomic mass is 10.1. The highest BCUT2D eigenvalue weighted by molar-refractivity contribution is 6.17. The number of rotatable bonds is 4. The Morgan fingerprint density at radius 3 is 2.60 bits per heavy atom. The molecule has 0 atom stereocenters. The van der Waals surface area contributed by atoms with Gasteiger partial charge in [0.15, 0.2) is 0 Å². The molecule has 0 fully saturated rings. The molecular formula is C14H16ClN3O2. The minimum Gasteiger partial charge on any atom is -0.265 e. The van der Waals surface area contributed by atoms with Crippen LogP contribution in [-0.2, 0) is 12.4 Å². The predicted molar refractivity (Wildman–Crippen MR) is 78.2 cm³/mol. The van der Waals surface area contributed by atoms with E-state index in [1.807, 2.05) is 24.6 Å². The Bertz CT molecular complexity index is 665. The summed E-state index contributed by atoms with van der Waals surface area (Å²) in [7, 11) is 0. The summed E-state index contributed by atoms with van der Waals surface area (Å²) in [6.45, 7) is 6.16. The molecule has 1 heterocycles. The van der Waals surface area contributed by atoms with Gasteiger partial charge in [-0.2, -0.15) is 5.10 Å². The average Bonchev–Trinajstić information content (AvgIpc) is 2.66. The van der Waals surface area contributed by atoms with E-state index in [4.69, 9.17) is 11.6 Å². The number of halogens is 1. The van der Waals surface area contributed by atoms with Gasteiger partial charge in [0, 0.05) is 22.9 Å². The molecule has 5 nitrogen and oxygen atoms in total. The molecule has 106 valence electrons. The van der Waals surface area contributed by atoms with E-state index in [0.29, 0.717) is 18.0 Å². The van der Waals surface area contributed by atoms with Crippen LogP contribution < -0.4 is 0 Å². The molecular weight excluding hydrogens is 278 g/mol. The molecule has 20 heavy (non-hydrogen) atoms. The summed E-state index contributed by atoms with van der Waals surface area (Å²) in [6.07, 6.45) is 0. The monoisotopic (exact) mass is 293 g/mol. The number of benzene rings is 1. The van der Waals surface area contributed by atoms with Crippen molar-refractivity contribution in [2.24, 2.45) is 0 Å². The first kappa shape index (κ1) is 14.5. The van der Waals surface area contributed by atoms with Gasteiger partial charge in [0.05, 0.1) is 23.0 Å². The topological polar surface area (TPSA) is 61.0 Å². The van der Waals surface area contributed by atoms with Crippen molar-refractivity contribution < 1.29 is 4.92 Å². The Hall–Kier alpha value is -1.88. The molecule has 1 aromatic carbocycles. The van der Waals surface area contributed by atoms with Crippen LogP contribution in [0.5, 0.6) is 0 Å². The Labute approximate surface area is 122 Å². The normalized spacial score (nSPS) is 10.8. The minimum absolute atomic E-state index is 0.140. The van der Waals surface area contributed by atoms with Crippen LogP contribution in [0.2, 0.25) is 0 Å². The van der Waals surface area contributed by atoms with E-state index in [0.717, 1.165) is 22.5 Å². The number of hydrogen-bond acceptors (Lipinski definition) is 3. The van der Waals surface area contributed by atoms with Crippen LogP contribution in [0.1, 0.15) is 28.1 Å². The van der Waals surface area contributed by atoms with Gasteiger partial charge in [-0.05, 0) is 26.3 Å². The van der Waals surface area contributed by atoms with E-state index < -0.39 is 0 Å². The van der Waals surface area contributed by atoms with Gasteiger partial charge < -0.3 is 0 Å². The Kier molecular flexibility index (Phi) is 4.09. The van der Waals surface area contributed by atoms with Gasteiger partial charge in [-0.15, -0.1) is 11.6 Å². The Balaban J connectivity index is 2.41. The fourth-order valence-corrected chi connectivity index (χ4v) is 2.67. The van der Waals surface area contributed by atoms with Gasteiger partial charge in [-0.25, -0.2) is 0 Å². The van der Waals surface area contributed by atoms with E-state index >= 15 is 0 Å². The third-order valence-electron chi connectivity index (χ3n) is 3.60. The number of aromatic nitrogens is 2. The number of nitro benzene ring substituents is 1. The summed E-state index contributed by atoms with van der Waals surface area (Å²) < 4.78 is 1.85. The summed E-state index contributed by atoms with van der Waals surface area (Å²) in [5.74, 6) is 0.422. The van der Waals surface area contributed by atoms with Crippen molar-refractivity contribution >= 4 is 17.3 Å². The van der Waals surface area contributed by atoms with Crippen LogP contribution in [0.25, 0.3) is 0 Å². The van der Waals surface area contributed by atoms with E-state index in [1.165, 1.54) is 6.07 Å². The van der Waals surface area contributed by atoms with Crippen LogP contribution in [0.4, 0.5) is 5.69 Å². The quantitative estimate of drug-likeness (QED) is 0.492. The molecule has 0 unspecified atom stereocenters. The summed E-state index contributed by atoms with van der Waals surface area (Å²) in [6, 6.07) is 5.11. The lowest BCUT2D eigenvalue weighted by Crippen LogP contribution is -2.07. The largest absolute Gasteiger partial charge is 0.272 e. The van der Waals surface area contributed by atoms with Gasteiger partial charge >= 0.3 is 0 Å². The number of nitro groups is 1. The fraction of sp³-hybridized carbons (Fsp3) is 0.357. The zero-order valence-corrected chi connectivity index (χ0v) is 12.4. The first-order valence-corrected chi connectivity index (χ1v) is 6.81. The summed E-state index contributed by atoms with van der Waals surface area (Å²) in [5.41, 5.74) is 4.64. The Morgan fingerprint density at radius 2 is 2.05 bits per heavy atom. The van der Waals surface area contributed by atoms with Crippen molar-refractivity contribution in [1.82, 2.24) is 9.78 Å². The molecule has 2 aromatic rings. The molecule has 0 bridgehead atoms. The van der Waals surface area contributed by atoms with E-state index in [1.54, 1.807) is 13.0 Å². The van der Waals surface area contributed by atoms with Crippen molar-refractivity contribution in [2.75, 3.05) is 0 Å². The predicted octanol–water partition coefficient (Wildman–Crippen LogP) is 3.50. The van der Waals surface area contributed by atoms with Gasteiger partial charge in [0.2, 0.25) is 0 Å². The highest BCUT2D eigenvalue weighted by Crippen LogP contribution is 2.23. The molecule has 2 rings (SSSR count). The molecule has 0 spiro atoms. The smallest absolute Gasteiger partial charge is 0.265 e. The number of alkyl halides is 1. The number of aryl methyl sites for hydroxylation is 1. The lowest BCUT2D eigenvalue weighted by molar-refractivity contribution is -0.385. The Morgan fingerprint density at radius 1 is 1.35 bits per heavy atom. The average molecular weight is 294 g/mol. The molecule has 0 saturated heterocycles. The maximum absolute atomic E-state index is 11.0. The van der Waals surface area contributed by atoms with Gasteiger partial charge in [-0.1, -0.05) is 12.1 Å². The first-order valence-electron chi connectivity index (χ1n) is 6.27. The van der Waals surface area contributed by atoms with Gasteiger partial charge in [0.1, 0.15) is 0 Å². The molecule has 0 amide bonds. The maximum Gasteiger partial charge on any atom is 0.272 e. The molecule has 6 heteroatoms. The van der Waals surface area contributed by atoms with Crippen molar-refractivity contribution in [3.8, 4) is 0 Å². The van der Waals surface area contributed by atoms with Crippen molar-refractivity contribution in [2.45, 2.75) is 33.2 Å². The number of hydrogen-bond donors (Lipinski definition) is 0. The zero-order chi connectivity index (χ0) is 14.9. The lowest BCUT2D eigenvalue weighted by Gasteiger charge is -2.08. The standard InChI is InChI=1S/C14H16ClN3O2/c1-9-12(5-4-6-14(9)18(19)20)8-17-11(3)13(7-15)10(2)16-17/h4-6H,7-8H2,1-3H3. The van der Waals surface area contributed by atoms with Crippen LogP contribution >= 0.6 is 11.6 Å². The van der Waals surface area contributed by atoms with E-state index in [9.17, 15) is 10.1 Å². The van der Waals surface area contributed by atoms with Crippen LogP contribution in [-0.4, -0.2) is 14.7 Å². The second kappa shape index (κ2) is 5.63. The second-order valence-corrected chi connectivity index (χ2v) is 5.03. The minimum atomic E-state index is -0.357. The number of nitrogens with zero attached hydrogens (tertiary/aromatic N) is 3. The third-order valence-corrected chi connectivity index (χ3v) is 3.87. The molecule has 0 saturated carbocycles. The fourth-order valence-electron chi connectivity index (χ4n) is 2.28. The molecule has 0 aliphatic rings. The highest BCUT2D eigenvalue weighted by atomic mass is 35.5. The SMILES string of the molecule is Cc1nn(Cc2cccc([N+](=O)[O-])c2C)c(C)c1CCl. The second-order valence-electron chi connectivity index (χ2n) is 4.76. The molecule has 0 aliphatic carbocycles. The summed E-state index contributed by atoms with van der Waals surface area (Å²) >= 11 is 5.91. The summed E-state index contributed by atoms with van der Waals surface area (Å²) in [4.78, 5) is 10.6. The zero-order valence-electron chi connectivity index (χ0n) is 11.7. The van der Waals surface area contributed by atoms with Crippen molar-refractivity contribution in [3.05, 3.63) is 56.4 Å². The van der Waals surface area contributed by atoms with Gasteiger partial charge in [-0.3, -0.25) is 14.8 Å². The van der Waals surface area contributed by atoms with Crippen LogP contribution in [0, 0.1) is 30.9 Å². The summed E-state index contributed by atoms with van der Waals surface area (Å²) in [5, 5.41) is 15.4. The highest BCUT2D eigenvalue weighted by Gasteiger charge is 2.16. The molecule has 0 aliphatic heterocycles. The molecule has 0 radical (unpaired) electrons. The van der Waals surface area contributed by atoms with Crippen LogP contribution in [0.15, 0.2) is 18.2 Å². The molecule has 1 aromatic heterocycles. The van der Waals surface area contributed by atoms with Crippen LogP contribution in [0.3, 0.4) is 0 Å². The van der Waals surface area contributed by atoms with E-state index in [-0.39, 0.29) is 10.6 Å². The first-order chi connectivity index (χ1) is 9.45. The maximum atomic E-state index is 11.0. The van der Waals surface area contributed by atoms with Crippen molar-refractivity contribution in [1.29, 1.82) is 0 Å². The van der Waals surface area contributed by atoms with E-state index in [2.05, 4.69) is 5.10 Å².